The molecule has 1 aromatic heterocycles. The number of carbonyl (C=O) groups excluding carboxylic acids is 1. The number of nitrogens with one attached hydrogen (secondary N) is 3. The van der Waals surface area contributed by atoms with Gasteiger partial charge in [-0.2, -0.15) is 0 Å². The highest BCUT2D eigenvalue weighted by atomic mass is 32.2. The summed E-state index contributed by atoms with van der Waals surface area (Å²) in [5.41, 5.74) is 2.92. The van der Waals surface area contributed by atoms with E-state index in [1.807, 2.05) is 12.1 Å². The van der Waals surface area contributed by atoms with E-state index >= 15 is 0 Å². The second kappa shape index (κ2) is 7.82. The van der Waals surface area contributed by atoms with Crippen molar-refractivity contribution in [3.63, 3.8) is 0 Å². The number of hydrogen-bond donors (Lipinski definition) is 3. The van der Waals surface area contributed by atoms with E-state index in [0.29, 0.717) is 35.4 Å². The SMILES string of the molecule is COc1ccc(S(=O)(=O)N2CCc3ccccc32)cc1C(=O)Nc1ccc2[nH]c(=O)[nH]c2c1. The summed E-state index contributed by atoms with van der Waals surface area (Å²) >= 11 is 0. The number of para-hydroxylation sites is 1. The van der Waals surface area contributed by atoms with Gasteiger partial charge in [0.1, 0.15) is 5.75 Å². The molecule has 1 aliphatic heterocycles. The van der Waals surface area contributed by atoms with E-state index in [4.69, 9.17) is 4.74 Å². The first-order valence-electron chi connectivity index (χ1n) is 10.2. The largest absolute Gasteiger partial charge is 0.496 e. The Labute approximate surface area is 189 Å². The number of methoxy groups -OCH3 is 1. The number of carbonyl (C=O) groups is 1. The van der Waals surface area contributed by atoms with Gasteiger partial charge in [0.05, 0.1) is 34.3 Å². The highest BCUT2D eigenvalue weighted by Gasteiger charge is 2.31. The number of aromatic amines is 2. The molecular weight excluding hydrogens is 444 g/mol. The van der Waals surface area contributed by atoms with Gasteiger partial charge in [-0.05, 0) is 54.4 Å². The zero-order valence-electron chi connectivity index (χ0n) is 17.6. The second-order valence-electron chi connectivity index (χ2n) is 7.61. The van der Waals surface area contributed by atoms with Gasteiger partial charge in [0, 0.05) is 12.2 Å². The predicted octanol–water partition coefficient (Wildman–Crippen LogP) is 2.87. The lowest BCUT2D eigenvalue weighted by Crippen LogP contribution is -2.29. The highest BCUT2D eigenvalue weighted by molar-refractivity contribution is 7.92. The number of fused-ring (bicyclic) bond motifs is 2. The van der Waals surface area contributed by atoms with Gasteiger partial charge in [0.25, 0.3) is 15.9 Å². The first kappa shape index (κ1) is 20.8. The Balaban J connectivity index is 1.49. The molecule has 168 valence electrons. The summed E-state index contributed by atoms with van der Waals surface area (Å²) in [6, 6.07) is 16.5. The molecule has 2 heterocycles. The Kier molecular flexibility index (Phi) is 4.94. The van der Waals surface area contributed by atoms with Gasteiger partial charge in [-0.25, -0.2) is 13.2 Å². The summed E-state index contributed by atoms with van der Waals surface area (Å²) in [5.74, 6) is -0.299. The quantitative estimate of drug-likeness (QED) is 0.419. The number of rotatable bonds is 5. The monoisotopic (exact) mass is 464 g/mol. The van der Waals surface area contributed by atoms with Crippen LogP contribution in [0.15, 0.2) is 70.4 Å². The number of amides is 1. The molecule has 0 unspecified atom stereocenters. The molecule has 0 saturated carbocycles. The van der Waals surface area contributed by atoms with Crippen molar-refractivity contribution in [1.29, 1.82) is 0 Å². The van der Waals surface area contributed by atoms with Crippen LogP contribution in [-0.4, -0.2) is 37.9 Å². The molecule has 0 fully saturated rings. The molecule has 0 saturated heterocycles. The van der Waals surface area contributed by atoms with E-state index in [1.54, 1.807) is 30.3 Å². The third kappa shape index (κ3) is 3.64. The molecule has 0 atom stereocenters. The van der Waals surface area contributed by atoms with Crippen LogP contribution in [0.4, 0.5) is 11.4 Å². The standard InChI is InChI=1S/C23H20N4O5S/c1-32-21-9-7-16(33(30,31)27-11-10-14-4-2-3-5-20(14)27)13-17(21)22(28)24-15-6-8-18-19(12-15)26-23(29)25-18/h2-9,12-13H,10-11H2,1H3,(H,24,28)(H2,25,26,29). The zero-order valence-corrected chi connectivity index (χ0v) is 18.4. The van der Waals surface area contributed by atoms with Crippen LogP contribution in [0.1, 0.15) is 15.9 Å². The minimum atomic E-state index is -3.88. The van der Waals surface area contributed by atoms with E-state index in [1.165, 1.54) is 29.6 Å². The number of ether oxygens (including phenoxy) is 1. The highest BCUT2D eigenvalue weighted by Crippen LogP contribution is 2.34. The molecule has 0 bridgehead atoms. The summed E-state index contributed by atoms with van der Waals surface area (Å²) in [7, 11) is -2.47. The summed E-state index contributed by atoms with van der Waals surface area (Å²) in [6.07, 6.45) is 0.628. The van der Waals surface area contributed by atoms with Gasteiger partial charge in [0.15, 0.2) is 0 Å². The van der Waals surface area contributed by atoms with Crippen molar-refractivity contribution in [1.82, 2.24) is 9.97 Å². The predicted molar refractivity (Wildman–Crippen MR) is 125 cm³/mol. The lowest BCUT2D eigenvalue weighted by atomic mass is 10.1. The molecule has 10 heteroatoms. The average Bonchev–Trinajstić information content (AvgIpc) is 3.41. The lowest BCUT2D eigenvalue weighted by Gasteiger charge is -2.20. The number of nitrogens with zero attached hydrogens (tertiary/aromatic N) is 1. The minimum Gasteiger partial charge on any atom is -0.496 e. The van der Waals surface area contributed by atoms with Gasteiger partial charge >= 0.3 is 5.69 Å². The van der Waals surface area contributed by atoms with Gasteiger partial charge in [-0.3, -0.25) is 9.10 Å². The third-order valence-corrected chi connectivity index (χ3v) is 7.43. The van der Waals surface area contributed by atoms with E-state index in [0.717, 1.165) is 5.56 Å². The van der Waals surface area contributed by atoms with Crippen LogP contribution in [0.2, 0.25) is 0 Å². The Morgan fingerprint density at radius 1 is 1.03 bits per heavy atom. The topological polar surface area (TPSA) is 124 Å². The zero-order chi connectivity index (χ0) is 23.2. The minimum absolute atomic E-state index is 0.00410. The van der Waals surface area contributed by atoms with E-state index < -0.39 is 15.9 Å². The molecule has 5 rings (SSSR count). The number of hydrogen-bond acceptors (Lipinski definition) is 5. The summed E-state index contributed by atoms with van der Waals surface area (Å²) in [6.45, 7) is 0.337. The van der Waals surface area contributed by atoms with E-state index in [-0.39, 0.29) is 21.9 Å². The first-order chi connectivity index (χ1) is 15.9. The molecule has 33 heavy (non-hydrogen) atoms. The van der Waals surface area contributed by atoms with Crippen LogP contribution in [-0.2, 0) is 16.4 Å². The number of H-pyrrole nitrogens is 2. The van der Waals surface area contributed by atoms with Gasteiger partial charge in [0.2, 0.25) is 0 Å². The van der Waals surface area contributed by atoms with Gasteiger partial charge in [-0.15, -0.1) is 0 Å². The van der Waals surface area contributed by atoms with Gasteiger partial charge < -0.3 is 20.0 Å². The Hall–Kier alpha value is -4.05. The van der Waals surface area contributed by atoms with E-state index in [2.05, 4.69) is 15.3 Å². The maximum atomic E-state index is 13.4. The Bertz CT molecular complexity index is 1550. The van der Waals surface area contributed by atoms with Crippen molar-refractivity contribution in [2.45, 2.75) is 11.3 Å². The number of benzene rings is 3. The third-order valence-electron chi connectivity index (χ3n) is 5.62. The summed E-state index contributed by atoms with van der Waals surface area (Å²) in [4.78, 5) is 29.8. The molecule has 0 radical (unpaired) electrons. The second-order valence-corrected chi connectivity index (χ2v) is 9.47. The molecule has 0 aliphatic carbocycles. The van der Waals surface area contributed by atoms with Crippen LogP contribution < -0.4 is 20.0 Å². The van der Waals surface area contributed by atoms with Crippen molar-refractivity contribution < 1.29 is 17.9 Å². The van der Waals surface area contributed by atoms with Crippen LogP contribution in [0.3, 0.4) is 0 Å². The van der Waals surface area contributed by atoms with Gasteiger partial charge in [-0.1, -0.05) is 18.2 Å². The normalized spacial score (nSPS) is 13.2. The lowest BCUT2D eigenvalue weighted by molar-refractivity contribution is 0.102. The van der Waals surface area contributed by atoms with Crippen LogP contribution >= 0.6 is 0 Å². The van der Waals surface area contributed by atoms with Crippen LogP contribution in [0.5, 0.6) is 5.75 Å². The molecule has 1 aliphatic rings. The number of anilines is 2. The van der Waals surface area contributed by atoms with E-state index in [9.17, 15) is 18.0 Å². The molecular formula is C23H20N4O5S. The maximum absolute atomic E-state index is 13.4. The first-order valence-corrected chi connectivity index (χ1v) is 11.6. The fourth-order valence-corrected chi connectivity index (χ4v) is 5.55. The van der Waals surface area contributed by atoms with Crippen molar-refractivity contribution in [2.75, 3.05) is 23.3 Å². The molecule has 0 spiro atoms. The molecule has 4 aromatic rings. The average molecular weight is 465 g/mol. The fraction of sp³-hybridized carbons (Fsp3) is 0.130. The molecule has 3 aromatic carbocycles. The smallest absolute Gasteiger partial charge is 0.323 e. The molecule has 3 N–H and O–H groups in total. The van der Waals surface area contributed by atoms with Crippen molar-refractivity contribution in [3.8, 4) is 5.75 Å². The number of sulfonamides is 1. The fourth-order valence-electron chi connectivity index (χ4n) is 4.02. The van der Waals surface area contributed by atoms with Crippen molar-refractivity contribution >= 4 is 38.3 Å². The number of aromatic nitrogens is 2. The van der Waals surface area contributed by atoms with Crippen molar-refractivity contribution in [3.05, 3.63) is 82.3 Å². The summed E-state index contributed by atoms with van der Waals surface area (Å²) in [5, 5.41) is 2.73. The molecule has 1 amide bonds. The Morgan fingerprint density at radius 3 is 2.64 bits per heavy atom. The Morgan fingerprint density at radius 2 is 1.82 bits per heavy atom. The number of imidazole rings is 1. The van der Waals surface area contributed by atoms with Crippen LogP contribution in [0.25, 0.3) is 11.0 Å². The maximum Gasteiger partial charge on any atom is 0.323 e. The molecule has 9 nitrogen and oxygen atoms in total. The van der Waals surface area contributed by atoms with Crippen molar-refractivity contribution in [2.24, 2.45) is 0 Å². The summed E-state index contributed by atoms with van der Waals surface area (Å²) < 4.78 is 33.5. The van der Waals surface area contributed by atoms with Crippen LogP contribution in [0, 0.1) is 0 Å².